The Morgan fingerprint density at radius 1 is 1.17 bits per heavy atom. The highest BCUT2D eigenvalue weighted by molar-refractivity contribution is 9.10. The first-order valence-corrected chi connectivity index (χ1v) is 5.79. The lowest BCUT2D eigenvalue weighted by Crippen LogP contribution is -2.11. The number of nitrogens with zero attached hydrogens (tertiary/aromatic N) is 1. The maximum atomic E-state index is 11.8. The summed E-state index contributed by atoms with van der Waals surface area (Å²) in [6, 6.07) is 5.56. The van der Waals surface area contributed by atoms with E-state index in [9.17, 15) is 9.90 Å². The molecular weight excluding hydrogens is 300 g/mol. The van der Waals surface area contributed by atoms with Gasteiger partial charge in [0.05, 0.1) is 11.9 Å². The highest BCUT2D eigenvalue weighted by Crippen LogP contribution is 2.25. The number of amides is 1. The van der Waals surface area contributed by atoms with Gasteiger partial charge in [0.25, 0.3) is 5.91 Å². The quantitative estimate of drug-likeness (QED) is 0.744. The SMILES string of the molecule is O=C(Nc1cncc(Br)c1)c1ccc(O)c(O)c1. The predicted octanol–water partition coefficient (Wildman–Crippen LogP) is 2.51. The molecule has 0 fully saturated rings. The molecule has 1 aromatic carbocycles. The van der Waals surface area contributed by atoms with Crippen molar-refractivity contribution < 1.29 is 15.0 Å². The minimum atomic E-state index is -0.398. The number of hydrogen-bond donors (Lipinski definition) is 3. The number of pyridine rings is 1. The van der Waals surface area contributed by atoms with Crippen LogP contribution in [0.1, 0.15) is 10.4 Å². The number of hydrogen-bond acceptors (Lipinski definition) is 4. The number of carbonyl (C=O) groups excluding carboxylic acids is 1. The molecule has 2 aromatic rings. The Bertz CT molecular complexity index is 602. The average molecular weight is 309 g/mol. The maximum Gasteiger partial charge on any atom is 0.255 e. The summed E-state index contributed by atoms with van der Waals surface area (Å²) in [4.78, 5) is 15.8. The number of phenols is 2. The van der Waals surface area contributed by atoms with Gasteiger partial charge in [0.15, 0.2) is 11.5 Å². The Balaban J connectivity index is 2.19. The van der Waals surface area contributed by atoms with Crippen LogP contribution in [0.5, 0.6) is 11.5 Å². The lowest BCUT2D eigenvalue weighted by Gasteiger charge is -2.06. The Morgan fingerprint density at radius 3 is 2.61 bits per heavy atom. The van der Waals surface area contributed by atoms with E-state index in [1.807, 2.05) is 0 Å². The van der Waals surface area contributed by atoms with E-state index >= 15 is 0 Å². The number of halogens is 1. The van der Waals surface area contributed by atoms with Gasteiger partial charge in [0.1, 0.15) is 0 Å². The molecule has 1 amide bonds. The summed E-state index contributed by atoms with van der Waals surface area (Å²) in [6.07, 6.45) is 3.10. The summed E-state index contributed by atoms with van der Waals surface area (Å²) in [5.74, 6) is -1.00. The van der Waals surface area contributed by atoms with Crippen molar-refractivity contribution in [1.29, 1.82) is 0 Å². The molecule has 6 heteroatoms. The molecule has 0 aliphatic carbocycles. The first kappa shape index (κ1) is 12.4. The summed E-state index contributed by atoms with van der Waals surface area (Å²) in [6.45, 7) is 0. The van der Waals surface area contributed by atoms with Crippen molar-refractivity contribution in [3.05, 3.63) is 46.7 Å². The Kier molecular flexibility index (Phi) is 3.47. The van der Waals surface area contributed by atoms with E-state index in [0.29, 0.717) is 5.69 Å². The van der Waals surface area contributed by atoms with Crippen molar-refractivity contribution in [2.24, 2.45) is 0 Å². The molecule has 2 rings (SSSR count). The van der Waals surface area contributed by atoms with Crippen molar-refractivity contribution in [2.45, 2.75) is 0 Å². The van der Waals surface area contributed by atoms with Crippen molar-refractivity contribution in [3.63, 3.8) is 0 Å². The largest absolute Gasteiger partial charge is 0.504 e. The summed E-state index contributed by atoms with van der Waals surface area (Å²) in [7, 11) is 0. The normalized spacial score (nSPS) is 10.1. The monoisotopic (exact) mass is 308 g/mol. The minimum Gasteiger partial charge on any atom is -0.504 e. The molecule has 0 unspecified atom stereocenters. The molecule has 0 spiro atoms. The summed E-state index contributed by atoms with van der Waals surface area (Å²) < 4.78 is 0.744. The highest BCUT2D eigenvalue weighted by Gasteiger charge is 2.09. The number of anilines is 1. The van der Waals surface area contributed by atoms with Crippen LogP contribution in [-0.4, -0.2) is 21.1 Å². The van der Waals surface area contributed by atoms with E-state index in [1.165, 1.54) is 24.4 Å². The molecule has 0 aliphatic heterocycles. The molecule has 5 nitrogen and oxygen atoms in total. The molecule has 0 radical (unpaired) electrons. The van der Waals surface area contributed by atoms with Crippen LogP contribution in [0.25, 0.3) is 0 Å². The number of nitrogens with one attached hydrogen (secondary N) is 1. The number of phenolic OH excluding ortho intramolecular Hbond substituents is 2. The number of rotatable bonds is 2. The van der Waals surface area contributed by atoms with E-state index in [-0.39, 0.29) is 17.1 Å². The van der Waals surface area contributed by atoms with E-state index < -0.39 is 5.91 Å². The third-order valence-corrected chi connectivity index (χ3v) is 2.63. The van der Waals surface area contributed by atoms with Crippen molar-refractivity contribution in [3.8, 4) is 11.5 Å². The average Bonchev–Trinajstić information content (AvgIpc) is 2.32. The molecule has 1 heterocycles. The van der Waals surface area contributed by atoms with Crippen LogP contribution in [-0.2, 0) is 0 Å². The van der Waals surface area contributed by atoms with Crippen LogP contribution in [0.4, 0.5) is 5.69 Å². The second-order valence-electron chi connectivity index (χ2n) is 3.55. The van der Waals surface area contributed by atoms with Gasteiger partial charge in [-0.3, -0.25) is 9.78 Å². The first-order chi connectivity index (χ1) is 8.56. The van der Waals surface area contributed by atoms with Gasteiger partial charge in [-0.2, -0.15) is 0 Å². The number of carbonyl (C=O) groups is 1. The molecule has 3 N–H and O–H groups in total. The fourth-order valence-electron chi connectivity index (χ4n) is 1.35. The fourth-order valence-corrected chi connectivity index (χ4v) is 1.71. The topological polar surface area (TPSA) is 82.5 Å². The Hall–Kier alpha value is -2.08. The van der Waals surface area contributed by atoms with Gasteiger partial charge in [-0.1, -0.05) is 0 Å². The summed E-state index contributed by atoms with van der Waals surface area (Å²) >= 11 is 3.24. The van der Waals surface area contributed by atoms with Gasteiger partial charge < -0.3 is 15.5 Å². The van der Waals surface area contributed by atoms with Gasteiger partial charge in [0, 0.05) is 16.2 Å². The molecule has 92 valence electrons. The van der Waals surface area contributed by atoms with Crippen LogP contribution in [0.2, 0.25) is 0 Å². The molecule has 0 aliphatic rings. The molecule has 0 saturated carbocycles. The summed E-state index contributed by atoms with van der Waals surface area (Å²) in [5.41, 5.74) is 0.771. The van der Waals surface area contributed by atoms with Gasteiger partial charge >= 0.3 is 0 Å². The lowest BCUT2D eigenvalue weighted by atomic mass is 10.2. The van der Waals surface area contributed by atoms with Crippen molar-refractivity contribution >= 4 is 27.5 Å². The minimum absolute atomic E-state index is 0.241. The van der Waals surface area contributed by atoms with E-state index in [0.717, 1.165) is 4.47 Å². The Morgan fingerprint density at radius 2 is 1.94 bits per heavy atom. The van der Waals surface area contributed by atoms with Gasteiger partial charge in [-0.05, 0) is 40.2 Å². The molecular formula is C12H9BrN2O3. The zero-order chi connectivity index (χ0) is 13.1. The second kappa shape index (κ2) is 5.05. The number of aromatic nitrogens is 1. The van der Waals surface area contributed by atoms with Crippen molar-refractivity contribution in [2.75, 3.05) is 5.32 Å². The van der Waals surface area contributed by atoms with Crippen LogP contribution < -0.4 is 5.32 Å². The third kappa shape index (κ3) is 2.78. The van der Waals surface area contributed by atoms with E-state index in [1.54, 1.807) is 12.3 Å². The molecule has 0 saturated heterocycles. The summed E-state index contributed by atoms with van der Waals surface area (Å²) in [5, 5.41) is 21.1. The second-order valence-corrected chi connectivity index (χ2v) is 4.47. The fraction of sp³-hybridized carbons (Fsp3) is 0. The van der Waals surface area contributed by atoms with Crippen LogP contribution in [0, 0.1) is 0 Å². The molecule has 0 bridgehead atoms. The molecule has 18 heavy (non-hydrogen) atoms. The molecule has 1 aromatic heterocycles. The van der Waals surface area contributed by atoms with Crippen LogP contribution in [0.3, 0.4) is 0 Å². The zero-order valence-electron chi connectivity index (χ0n) is 9.09. The lowest BCUT2D eigenvalue weighted by molar-refractivity contribution is 0.102. The number of benzene rings is 1. The smallest absolute Gasteiger partial charge is 0.255 e. The van der Waals surface area contributed by atoms with E-state index in [4.69, 9.17) is 5.11 Å². The van der Waals surface area contributed by atoms with Crippen LogP contribution >= 0.6 is 15.9 Å². The van der Waals surface area contributed by atoms with Gasteiger partial charge in [-0.25, -0.2) is 0 Å². The predicted molar refractivity (Wildman–Crippen MR) is 69.7 cm³/mol. The van der Waals surface area contributed by atoms with Gasteiger partial charge in [-0.15, -0.1) is 0 Å². The molecule has 0 atom stereocenters. The van der Waals surface area contributed by atoms with Gasteiger partial charge in [0.2, 0.25) is 0 Å². The highest BCUT2D eigenvalue weighted by atomic mass is 79.9. The van der Waals surface area contributed by atoms with Crippen molar-refractivity contribution in [1.82, 2.24) is 4.98 Å². The first-order valence-electron chi connectivity index (χ1n) is 5.00. The zero-order valence-corrected chi connectivity index (χ0v) is 10.7. The number of aromatic hydroxyl groups is 2. The standard InChI is InChI=1S/C12H9BrN2O3/c13-8-4-9(6-14-5-8)15-12(18)7-1-2-10(16)11(17)3-7/h1-6,16-17H,(H,15,18). The maximum absolute atomic E-state index is 11.8. The Labute approximate surface area is 111 Å². The van der Waals surface area contributed by atoms with E-state index in [2.05, 4.69) is 26.2 Å². The van der Waals surface area contributed by atoms with Crippen LogP contribution in [0.15, 0.2) is 41.1 Å². The third-order valence-electron chi connectivity index (χ3n) is 2.20.